The highest BCUT2D eigenvalue weighted by atomic mass is 19.1. The maximum absolute atomic E-state index is 13.4. The van der Waals surface area contributed by atoms with E-state index in [0.29, 0.717) is 19.5 Å². The van der Waals surface area contributed by atoms with E-state index < -0.39 is 11.6 Å². The van der Waals surface area contributed by atoms with E-state index in [4.69, 9.17) is 5.73 Å². The minimum atomic E-state index is -0.604. The molecule has 2 N–H and O–H groups in total. The summed E-state index contributed by atoms with van der Waals surface area (Å²) in [6, 6.07) is 14.1. The lowest BCUT2D eigenvalue weighted by Crippen LogP contribution is -2.61. The average molecular weight is 450 g/mol. The Balaban J connectivity index is 1.78. The van der Waals surface area contributed by atoms with Gasteiger partial charge in [-0.15, -0.1) is 0 Å². The van der Waals surface area contributed by atoms with Crippen molar-refractivity contribution >= 4 is 11.5 Å². The van der Waals surface area contributed by atoms with Gasteiger partial charge in [0, 0.05) is 25.0 Å². The number of benzene rings is 2. The Hall–Kier alpha value is -2.92. The van der Waals surface area contributed by atoms with Crippen LogP contribution in [0.25, 0.3) is 5.57 Å². The molecule has 1 aliphatic rings. The highest BCUT2D eigenvalue weighted by molar-refractivity contribution is 5.83. The van der Waals surface area contributed by atoms with Gasteiger partial charge in [0.15, 0.2) is 0 Å². The molecule has 0 bridgehead atoms. The van der Waals surface area contributed by atoms with Crippen molar-refractivity contribution in [2.24, 2.45) is 11.7 Å². The van der Waals surface area contributed by atoms with Gasteiger partial charge in [-0.1, -0.05) is 62.4 Å². The summed E-state index contributed by atoms with van der Waals surface area (Å²) in [4.78, 5) is 17.3. The smallest absolute Gasteiger partial charge is 0.240 e. The van der Waals surface area contributed by atoms with Crippen LogP contribution < -0.4 is 5.73 Å². The van der Waals surface area contributed by atoms with Crippen molar-refractivity contribution in [3.8, 4) is 0 Å². The number of aryl methyl sites for hydroxylation is 1. The standard InChI is InChI=1S/C28H36FN3O/c1-19(2)25(23-11-13-24(29)14-12-23)18-31-15-16-32(28(5,6)21(31)4)27(33)26(30)17-22-9-7-20(3)8-10-22/h7-14,18-19,26H,4,15-17,30H2,1-3,5-6H3/b25-18+. The third kappa shape index (κ3) is 5.53. The Labute approximate surface area is 197 Å². The molecule has 0 radical (unpaired) electrons. The van der Waals surface area contributed by atoms with Gasteiger partial charge in [-0.25, -0.2) is 4.39 Å². The van der Waals surface area contributed by atoms with Crippen LogP contribution in [0.15, 0.2) is 67.0 Å². The van der Waals surface area contributed by atoms with Gasteiger partial charge in [-0.2, -0.15) is 0 Å². The Morgan fingerprint density at radius 1 is 1.12 bits per heavy atom. The number of halogens is 1. The third-order valence-corrected chi connectivity index (χ3v) is 6.55. The second-order valence-electron chi connectivity index (χ2n) is 9.73. The Morgan fingerprint density at radius 3 is 2.30 bits per heavy atom. The number of hydrogen-bond acceptors (Lipinski definition) is 3. The van der Waals surface area contributed by atoms with Crippen LogP contribution in [0.5, 0.6) is 0 Å². The fourth-order valence-electron chi connectivity index (χ4n) is 4.29. The van der Waals surface area contributed by atoms with Crippen LogP contribution >= 0.6 is 0 Å². The van der Waals surface area contributed by atoms with Crippen LogP contribution in [0.4, 0.5) is 4.39 Å². The molecule has 3 rings (SSSR count). The number of nitrogens with two attached hydrogens (primary N) is 1. The second kappa shape index (κ2) is 9.92. The zero-order valence-corrected chi connectivity index (χ0v) is 20.4. The van der Waals surface area contributed by atoms with Gasteiger partial charge in [0.2, 0.25) is 5.91 Å². The van der Waals surface area contributed by atoms with Crippen molar-refractivity contribution in [1.29, 1.82) is 0 Å². The zero-order chi connectivity index (χ0) is 24.3. The summed E-state index contributed by atoms with van der Waals surface area (Å²) < 4.78 is 13.4. The number of piperazine rings is 1. The van der Waals surface area contributed by atoms with E-state index in [1.807, 2.05) is 49.9 Å². The average Bonchev–Trinajstić information content (AvgIpc) is 2.76. The third-order valence-electron chi connectivity index (χ3n) is 6.55. The number of hydrogen-bond donors (Lipinski definition) is 1. The Bertz CT molecular complexity index is 1020. The Kier molecular flexibility index (Phi) is 7.43. The number of amides is 1. The molecule has 0 aliphatic carbocycles. The van der Waals surface area contributed by atoms with E-state index in [2.05, 4.69) is 31.5 Å². The van der Waals surface area contributed by atoms with E-state index in [0.717, 1.165) is 22.4 Å². The maximum atomic E-state index is 13.4. The summed E-state index contributed by atoms with van der Waals surface area (Å²) in [5, 5.41) is 0. The van der Waals surface area contributed by atoms with Crippen LogP contribution in [-0.4, -0.2) is 40.4 Å². The topological polar surface area (TPSA) is 49.6 Å². The summed E-state index contributed by atoms with van der Waals surface area (Å²) in [6.07, 6.45) is 2.60. The molecule has 0 spiro atoms. The van der Waals surface area contributed by atoms with Crippen LogP contribution in [-0.2, 0) is 11.2 Å². The van der Waals surface area contributed by atoms with Crippen molar-refractivity contribution < 1.29 is 9.18 Å². The molecule has 1 aliphatic heterocycles. The summed E-state index contributed by atoms with van der Waals surface area (Å²) in [6.45, 7) is 15.8. The molecule has 1 heterocycles. The predicted octanol–water partition coefficient (Wildman–Crippen LogP) is 5.14. The van der Waals surface area contributed by atoms with E-state index in [1.165, 1.54) is 17.7 Å². The lowest BCUT2D eigenvalue weighted by atomic mass is 9.91. The molecule has 0 saturated carbocycles. The van der Waals surface area contributed by atoms with E-state index in [9.17, 15) is 9.18 Å². The molecule has 176 valence electrons. The highest BCUT2D eigenvalue weighted by Crippen LogP contribution is 2.33. The first-order valence-electron chi connectivity index (χ1n) is 11.6. The van der Waals surface area contributed by atoms with Crippen LogP contribution in [0.2, 0.25) is 0 Å². The normalized spacial score (nSPS) is 17.5. The van der Waals surface area contributed by atoms with Gasteiger partial charge < -0.3 is 15.5 Å². The van der Waals surface area contributed by atoms with E-state index >= 15 is 0 Å². The fourth-order valence-corrected chi connectivity index (χ4v) is 4.29. The first-order chi connectivity index (χ1) is 15.5. The van der Waals surface area contributed by atoms with Crippen LogP contribution in [0.1, 0.15) is 44.4 Å². The summed E-state index contributed by atoms with van der Waals surface area (Å²) in [5.41, 5.74) is 10.9. The van der Waals surface area contributed by atoms with E-state index in [1.54, 1.807) is 12.1 Å². The SMILES string of the molecule is C=C1N(/C=C(/c2ccc(F)cc2)C(C)C)CCN(C(=O)C(N)Cc2ccc(C)cc2)C1(C)C. The van der Waals surface area contributed by atoms with Crippen LogP contribution in [0.3, 0.4) is 0 Å². The number of carbonyl (C=O) groups excluding carboxylic acids is 1. The second-order valence-corrected chi connectivity index (χ2v) is 9.73. The van der Waals surface area contributed by atoms with Crippen molar-refractivity contribution in [3.05, 3.63) is 89.5 Å². The van der Waals surface area contributed by atoms with Crippen molar-refractivity contribution in [2.75, 3.05) is 13.1 Å². The molecule has 1 saturated heterocycles. The van der Waals surface area contributed by atoms with Gasteiger partial charge in [0.25, 0.3) is 0 Å². The molecule has 33 heavy (non-hydrogen) atoms. The minimum Gasteiger partial charge on any atom is -0.348 e. The molecule has 4 nitrogen and oxygen atoms in total. The number of rotatable bonds is 6. The molecule has 1 atom stereocenters. The molecule has 1 amide bonds. The van der Waals surface area contributed by atoms with Crippen LogP contribution in [0, 0.1) is 18.7 Å². The molecule has 1 unspecified atom stereocenters. The predicted molar refractivity (Wildman–Crippen MR) is 134 cm³/mol. The molecular weight excluding hydrogens is 413 g/mol. The summed E-state index contributed by atoms with van der Waals surface area (Å²) in [7, 11) is 0. The molecular formula is C28H36FN3O. The number of carbonyl (C=O) groups is 1. The fraction of sp³-hybridized carbons (Fsp3) is 0.393. The van der Waals surface area contributed by atoms with Gasteiger partial charge >= 0.3 is 0 Å². The molecule has 2 aromatic carbocycles. The lowest BCUT2D eigenvalue weighted by molar-refractivity contribution is -0.138. The number of allylic oxidation sites excluding steroid dienone is 1. The molecule has 2 aromatic rings. The van der Waals surface area contributed by atoms with Gasteiger partial charge in [-0.05, 0) is 61.9 Å². The maximum Gasteiger partial charge on any atom is 0.240 e. The van der Waals surface area contributed by atoms with Gasteiger partial charge in [0.1, 0.15) is 5.82 Å². The van der Waals surface area contributed by atoms with Gasteiger partial charge in [0.05, 0.1) is 11.6 Å². The lowest BCUT2D eigenvalue weighted by Gasteiger charge is -2.49. The Morgan fingerprint density at radius 2 is 1.73 bits per heavy atom. The quantitative estimate of drug-likeness (QED) is 0.665. The molecule has 5 heteroatoms. The minimum absolute atomic E-state index is 0.0621. The summed E-state index contributed by atoms with van der Waals surface area (Å²) in [5.74, 6) is -0.0663. The molecule has 1 fully saturated rings. The van der Waals surface area contributed by atoms with Crippen molar-refractivity contribution in [2.45, 2.75) is 52.6 Å². The largest absolute Gasteiger partial charge is 0.348 e. The molecule has 0 aromatic heterocycles. The van der Waals surface area contributed by atoms with Gasteiger partial charge in [-0.3, -0.25) is 4.79 Å². The first-order valence-corrected chi connectivity index (χ1v) is 11.6. The van der Waals surface area contributed by atoms with Crippen molar-refractivity contribution in [1.82, 2.24) is 9.80 Å². The van der Waals surface area contributed by atoms with Crippen molar-refractivity contribution in [3.63, 3.8) is 0 Å². The number of nitrogens with zero attached hydrogens (tertiary/aromatic N) is 2. The first kappa shape index (κ1) is 24.7. The monoisotopic (exact) mass is 449 g/mol. The zero-order valence-electron chi connectivity index (χ0n) is 20.4. The summed E-state index contributed by atoms with van der Waals surface area (Å²) >= 11 is 0. The van der Waals surface area contributed by atoms with E-state index in [-0.39, 0.29) is 17.6 Å². The highest BCUT2D eigenvalue weighted by Gasteiger charge is 2.41.